The minimum absolute atomic E-state index is 0.360. The molecule has 0 aromatic heterocycles. The number of rotatable bonds is 6. The van der Waals surface area contributed by atoms with Gasteiger partial charge in [0.25, 0.3) is 0 Å². The minimum atomic E-state index is 0.360. The highest BCUT2D eigenvalue weighted by Crippen LogP contribution is 2.13. The lowest BCUT2D eigenvalue weighted by Gasteiger charge is -2.15. The van der Waals surface area contributed by atoms with Crippen molar-refractivity contribution in [3.63, 3.8) is 0 Å². The Morgan fingerprint density at radius 1 is 1.42 bits per heavy atom. The molecule has 1 aromatic carbocycles. The number of hydrogen-bond acceptors (Lipinski definition) is 3. The maximum Gasteiger partial charge on any atom is 0.0857 e. The summed E-state index contributed by atoms with van der Waals surface area (Å²) in [6.45, 7) is 4.08. The van der Waals surface area contributed by atoms with Crippen LogP contribution in [0.2, 0.25) is 0 Å². The number of benzene rings is 1. The highest BCUT2D eigenvalue weighted by atomic mass is 15.2. The van der Waals surface area contributed by atoms with Gasteiger partial charge in [-0.1, -0.05) is 49.8 Å². The predicted octanol–water partition coefficient (Wildman–Crippen LogP) is 2.93. The summed E-state index contributed by atoms with van der Waals surface area (Å²) < 4.78 is 0. The van der Waals surface area contributed by atoms with Crippen molar-refractivity contribution in [2.45, 2.75) is 38.8 Å². The van der Waals surface area contributed by atoms with Crippen molar-refractivity contribution in [3.05, 3.63) is 47.7 Å². The third-order valence-corrected chi connectivity index (χ3v) is 3.31. The molecule has 0 fully saturated rings. The molecule has 0 bridgehead atoms. The van der Waals surface area contributed by atoms with Gasteiger partial charge < -0.3 is 10.6 Å². The second-order valence-electron chi connectivity index (χ2n) is 5.10. The molecule has 1 heterocycles. The molecule has 0 aliphatic carbocycles. The van der Waals surface area contributed by atoms with E-state index in [0.29, 0.717) is 6.04 Å². The fourth-order valence-electron chi connectivity index (χ4n) is 2.29. The van der Waals surface area contributed by atoms with Crippen LogP contribution in [0.25, 0.3) is 0 Å². The van der Waals surface area contributed by atoms with E-state index in [-0.39, 0.29) is 0 Å². The lowest BCUT2D eigenvalue weighted by atomic mass is 10.1. The number of hydrogen-bond donors (Lipinski definition) is 1. The van der Waals surface area contributed by atoms with Gasteiger partial charge >= 0.3 is 0 Å². The lowest BCUT2D eigenvalue weighted by molar-refractivity contribution is 0.426. The third-order valence-electron chi connectivity index (χ3n) is 3.31. The van der Waals surface area contributed by atoms with Gasteiger partial charge in [-0.25, -0.2) is 0 Å². The Bertz CT molecular complexity index is 437. The van der Waals surface area contributed by atoms with Gasteiger partial charge in [0, 0.05) is 18.8 Å². The molecule has 3 nitrogen and oxygen atoms in total. The number of nitrogens with zero attached hydrogens (tertiary/aromatic N) is 2. The van der Waals surface area contributed by atoms with Crippen LogP contribution in [-0.2, 0) is 6.54 Å². The summed E-state index contributed by atoms with van der Waals surface area (Å²) in [5.74, 6) is 0. The highest BCUT2D eigenvalue weighted by molar-refractivity contribution is 5.58. The maximum atomic E-state index is 5.92. The van der Waals surface area contributed by atoms with Crippen LogP contribution in [0.5, 0.6) is 0 Å². The van der Waals surface area contributed by atoms with Crippen LogP contribution in [-0.4, -0.2) is 23.8 Å². The Morgan fingerprint density at radius 2 is 2.21 bits per heavy atom. The molecule has 1 aliphatic rings. The van der Waals surface area contributed by atoms with E-state index in [2.05, 4.69) is 47.2 Å². The van der Waals surface area contributed by atoms with Crippen LogP contribution in [0, 0.1) is 0 Å². The average molecular weight is 257 g/mol. The zero-order chi connectivity index (χ0) is 13.5. The van der Waals surface area contributed by atoms with Crippen molar-refractivity contribution in [3.8, 4) is 0 Å². The zero-order valence-corrected chi connectivity index (χ0v) is 11.6. The topological polar surface area (TPSA) is 41.6 Å². The van der Waals surface area contributed by atoms with E-state index in [4.69, 9.17) is 5.73 Å². The maximum absolute atomic E-state index is 5.92. The largest absolute Gasteiger partial charge is 0.402 e. The first-order valence-corrected chi connectivity index (χ1v) is 7.03. The van der Waals surface area contributed by atoms with Gasteiger partial charge in [-0.15, -0.1) is 0 Å². The molecule has 3 heteroatoms. The molecule has 19 heavy (non-hydrogen) atoms. The second kappa shape index (κ2) is 6.98. The molecule has 1 aromatic rings. The van der Waals surface area contributed by atoms with E-state index in [1.807, 2.05) is 12.4 Å². The molecule has 102 valence electrons. The van der Waals surface area contributed by atoms with Crippen molar-refractivity contribution >= 4 is 6.34 Å². The molecule has 1 aliphatic heterocycles. The lowest BCUT2D eigenvalue weighted by Crippen LogP contribution is -2.22. The Balaban J connectivity index is 1.78. The number of aliphatic imine (C=N–C) groups is 1. The highest BCUT2D eigenvalue weighted by Gasteiger charge is 2.16. The molecule has 2 N–H and O–H groups in total. The summed E-state index contributed by atoms with van der Waals surface area (Å²) in [6, 6.07) is 10.9. The van der Waals surface area contributed by atoms with Crippen LogP contribution in [0.15, 0.2) is 47.1 Å². The molecule has 0 amide bonds. The van der Waals surface area contributed by atoms with Gasteiger partial charge in [0.1, 0.15) is 0 Å². The fourth-order valence-corrected chi connectivity index (χ4v) is 2.29. The van der Waals surface area contributed by atoms with Crippen LogP contribution in [0.4, 0.5) is 0 Å². The Labute approximate surface area is 115 Å². The van der Waals surface area contributed by atoms with E-state index >= 15 is 0 Å². The van der Waals surface area contributed by atoms with Crippen molar-refractivity contribution in [2.24, 2.45) is 10.7 Å². The second-order valence-corrected chi connectivity index (χ2v) is 5.10. The molecule has 1 unspecified atom stereocenters. The van der Waals surface area contributed by atoms with Crippen LogP contribution < -0.4 is 5.73 Å². The normalized spacial score (nSPS) is 19.1. The van der Waals surface area contributed by atoms with Crippen molar-refractivity contribution in [1.29, 1.82) is 0 Å². The van der Waals surface area contributed by atoms with E-state index in [1.54, 1.807) is 0 Å². The predicted molar refractivity (Wildman–Crippen MR) is 80.9 cm³/mol. The van der Waals surface area contributed by atoms with Gasteiger partial charge in [0.2, 0.25) is 0 Å². The summed E-state index contributed by atoms with van der Waals surface area (Å²) in [6.07, 6.45) is 7.16. The van der Waals surface area contributed by atoms with Crippen molar-refractivity contribution in [1.82, 2.24) is 4.90 Å². The Morgan fingerprint density at radius 3 is 2.95 bits per heavy atom. The summed E-state index contributed by atoms with van der Waals surface area (Å²) in [5.41, 5.74) is 8.24. The molecule has 0 radical (unpaired) electrons. The standard InChI is InChI=1S/C16H23N3/c1-2-6-15(17)9-10-16-12-19(13-18-16)11-14-7-4-3-5-8-14/h3-5,7-9,13,16H,2,6,10-12,17H2,1H3/b15-9+. The van der Waals surface area contributed by atoms with Crippen LogP contribution >= 0.6 is 0 Å². The Kier molecular flexibility index (Phi) is 5.01. The summed E-state index contributed by atoms with van der Waals surface area (Å²) in [7, 11) is 0. The third kappa shape index (κ3) is 4.43. The van der Waals surface area contributed by atoms with E-state index in [0.717, 1.165) is 38.0 Å². The van der Waals surface area contributed by atoms with E-state index in [1.165, 1.54) is 5.56 Å². The van der Waals surface area contributed by atoms with Gasteiger partial charge in [0.15, 0.2) is 0 Å². The number of nitrogens with two attached hydrogens (primary N) is 1. The minimum Gasteiger partial charge on any atom is -0.402 e. The van der Waals surface area contributed by atoms with Gasteiger partial charge in [-0.2, -0.15) is 0 Å². The van der Waals surface area contributed by atoms with Crippen LogP contribution in [0.3, 0.4) is 0 Å². The molecular formula is C16H23N3. The van der Waals surface area contributed by atoms with Gasteiger partial charge in [-0.05, 0) is 18.4 Å². The zero-order valence-electron chi connectivity index (χ0n) is 11.6. The molecule has 2 rings (SSSR count). The van der Waals surface area contributed by atoms with Gasteiger partial charge in [-0.3, -0.25) is 4.99 Å². The summed E-state index contributed by atoms with van der Waals surface area (Å²) in [5, 5.41) is 0. The quantitative estimate of drug-likeness (QED) is 0.851. The molecule has 0 saturated carbocycles. The Hall–Kier alpha value is -1.77. The van der Waals surface area contributed by atoms with Crippen molar-refractivity contribution < 1.29 is 0 Å². The first-order valence-electron chi connectivity index (χ1n) is 7.03. The summed E-state index contributed by atoms with van der Waals surface area (Å²) >= 11 is 0. The fraction of sp³-hybridized carbons (Fsp3) is 0.438. The molecule has 0 saturated heterocycles. The smallest absolute Gasteiger partial charge is 0.0857 e. The summed E-state index contributed by atoms with van der Waals surface area (Å²) in [4.78, 5) is 6.81. The first kappa shape index (κ1) is 13.7. The number of allylic oxidation sites excluding steroid dienone is 1. The SMILES string of the molecule is CCC/C(N)=C\CC1CN(Cc2ccccc2)C=N1. The first-order chi connectivity index (χ1) is 9.28. The monoisotopic (exact) mass is 257 g/mol. The van der Waals surface area contributed by atoms with Crippen molar-refractivity contribution in [2.75, 3.05) is 6.54 Å². The average Bonchev–Trinajstić information content (AvgIpc) is 2.86. The van der Waals surface area contributed by atoms with E-state index < -0.39 is 0 Å². The molecule has 1 atom stereocenters. The van der Waals surface area contributed by atoms with E-state index in [9.17, 15) is 0 Å². The van der Waals surface area contributed by atoms with Gasteiger partial charge in [0.05, 0.1) is 12.4 Å². The molecular weight excluding hydrogens is 234 g/mol. The molecule has 0 spiro atoms. The van der Waals surface area contributed by atoms with Crippen LogP contribution in [0.1, 0.15) is 31.7 Å².